The van der Waals surface area contributed by atoms with Crippen LogP contribution in [-0.4, -0.2) is 35.5 Å². The van der Waals surface area contributed by atoms with Crippen molar-refractivity contribution in [2.24, 2.45) is 5.41 Å². The minimum Gasteiger partial charge on any atom is -0.462 e. The highest BCUT2D eigenvalue weighted by atomic mass is 16.5. The number of rotatable bonds is 8. The highest BCUT2D eigenvalue weighted by Crippen LogP contribution is 2.18. The summed E-state index contributed by atoms with van der Waals surface area (Å²) in [5.41, 5.74) is 1.10. The van der Waals surface area contributed by atoms with E-state index in [1.54, 1.807) is 13.8 Å². The van der Waals surface area contributed by atoms with Crippen molar-refractivity contribution in [1.82, 2.24) is 0 Å². The molecule has 0 aliphatic rings. The fourth-order valence-corrected chi connectivity index (χ4v) is 1.64. The van der Waals surface area contributed by atoms with Crippen molar-refractivity contribution in [2.45, 2.75) is 66.4 Å². The van der Waals surface area contributed by atoms with Crippen molar-refractivity contribution in [3.63, 3.8) is 0 Å². The van der Waals surface area contributed by atoms with Crippen LogP contribution in [0.15, 0.2) is 11.1 Å². The van der Waals surface area contributed by atoms with E-state index in [0.29, 0.717) is 24.2 Å². The molecule has 0 aromatic rings. The monoisotopic (exact) mass is 286 g/mol. The summed E-state index contributed by atoms with van der Waals surface area (Å²) in [6.45, 7) is 10.0. The zero-order valence-corrected chi connectivity index (χ0v) is 13.5. The second-order valence-corrected chi connectivity index (χ2v) is 6.53. The number of hydrogen-bond acceptors (Lipinski definition) is 4. The van der Waals surface area contributed by atoms with Gasteiger partial charge in [-0.2, -0.15) is 0 Å². The minimum atomic E-state index is -0.615. The van der Waals surface area contributed by atoms with E-state index in [9.17, 15) is 9.90 Å². The Morgan fingerprint density at radius 2 is 1.75 bits per heavy atom. The molecule has 0 bridgehead atoms. The van der Waals surface area contributed by atoms with Crippen molar-refractivity contribution in [2.75, 3.05) is 13.2 Å². The number of aliphatic hydroxyl groups is 2. The molecule has 0 aromatic heterocycles. The maximum Gasteiger partial charge on any atom is 0.333 e. The van der Waals surface area contributed by atoms with E-state index in [-0.39, 0.29) is 18.0 Å². The van der Waals surface area contributed by atoms with Crippen molar-refractivity contribution in [3.05, 3.63) is 11.1 Å². The Labute approximate surface area is 122 Å². The normalized spacial score (nSPS) is 14.8. The zero-order chi connectivity index (χ0) is 15.8. The number of carbonyl (C=O) groups is 1. The minimum absolute atomic E-state index is 0.0627. The zero-order valence-electron chi connectivity index (χ0n) is 13.5. The number of ether oxygens (including phenoxy) is 1. The Bertz CT molecular complexity index is 326. The number of aliphatic hydroxyl groups excluding tert-OH is 2. The summed E-state index contributed by atoms with van der Waals surface area (Å²) < 4.78 is 5.24. The summed E-state index contributed by atoms with van der Waals surface area (Å²) in [7, 11) is 0. The van der Waals surface area contributed by atoms with Crippen molar-refractivity contribution in [3.8, 4) is 0 Å². The molecule has 0 saturated heterocycles. The Kier molecular flexibility index (Phi) is 8.74. The summed E-state index contributed by atoms with van der Waals surface area (Å²) in [4.78, 5) is 11.9. The molecule has 0 radical (unpaired) electrons. The first kappa shape index (κ1) is 19.1. The maximum absolute atomic E-state index is 11.9. The van der Waals surface area contributed by atoms with E-state index < -0.39 is 6.10 Å². The van der Waals surface area contributed by atoms with E-state index in [1.165, 1.54) is 0 Å². The molecule has 0 aliphatic heterocycles. The quantitative estimate of drug-likeness (QED) is 0.409. The van der Waals surface area contributed by atoms with E-state index in [4.69, 9.17) is 9.84 Å². The Hall–Kier alpha value is -0.870. The molecule has 0 fully saturated rings. The van der Waals surface area contributed by atoms with Crippen LogP contribution in [0.3, 0.4) is 0 Å². The lowest BCUT2D eigenvalue weighted by molar-refractivity contribution is -0.141. The lowest BCUT2D eigenvalue weighted by Gasteiger charge is -2.19. The summed E-state index contributed by atoms with van der Waals surface area (Å²) >= 11 is 0. The van der Waals surface area contributed by atoms with Crippen LogP contribution >= 0.6 is 0 Å². The topological polar surface area (TPSA) is 66.8 Å². The Morgan fingerprint density at radius 3 is 2.25 bits per heavy atom. The van der Waals surface area contributed by atoms with Crippen LogP contribution in [0.4, 0.5) is 0 Å². The number of unbranched alkanes of at least 4 members (excludes halogenated alkanes) is 2. The Morgan fingerprint density at radius 1 is 1.15 bits per heavy atom. The fraction of sp³-hybridized carbons (Fsp3) is 0.812. The first-order valence-corrected chi connectivity index (χ1v) is 7.32. The predicted octanol–water partition coefficient (Wildman–Crippen LogP) is 2.83. The lowest BCUT2D eigenvalue weighted by atomic mass is 9.98. The van der Waals surface area contributed by atoms with Gasteiger partial charge in [-0.25, -0.2) is 4.79 Å². The average molecular weight is 286 g/mol. The van der Waals surface area contributed by atoms with Crippen LogP contribution in [0.2, 0.25) is 0 Å². The molecule has 118 valence electrons. The molecule has 0 rings (SSSR count). The third-order valence-electron chi connectivity index (χ3n) is 3.17. The van der Waals surface area contributed by atoms with Gasteiger partial charge in [0, 0.05) is 12.2 Å². The summed E-state index contributed by atoms with van der Waals surface area (Å²) in [5, 5.41) is 18.7. The largest absolute Gasteiger partial charge is 0.462 e. The van der Waals surface area contributed by atoms with Crippen LogP contribution in [0.5, 0.6) is 0 Å². The van der Waals surface area contributed by atoms with Crippen LogP contribution in [0.1, 0.15) is 60.3 Å². The van der Waals surface area contributed by atoms with Crippen LogP contribution in [0, 0.1) is 5.41 Å². The molecular weight excluding hydrogens is 256 g/mol. The van der Waals surface area contributed by atoms with E-state index >= 15 is 0 Å². The molecule has 2 N–H and O–H groups in total. The van der Waals surface area contributed by atoms with Gasteiger partial charge < -0.3 is 14.9 Å². The number of carbonyl (C=O) groups excluding carboxylic acids is 1. The van der Waals surface area contributed by atoms with Crippen LogP contribution in [0.25, 0.3) is 0 Å². The van der Waals surface area contributed by atoms with E-state index in [1.807, 2.05) is 20.8 Å². The van der Waals surface area contributed by atoms with E-state index in [2.05, 4.69) is 0 Å². The summed E-state index contributed by atoms with van der Waals surface area (Å²) in [5.74, 6) is -0.355. The van der Waals surface area contributed by atoms with Gasteiger partial charge in [0.25, 0.3) is 0 Å². The summed E-state index contributed by atoms with van der Waals surface area (Å²) in [6.07, 6.45) is 2.46. The standard InChI is InChI=1S/C16H30O4/c1-12(14(18)9-7-6-8-10-17)13(2)15(19)20-11-16(3,4)5/h14,17-18H,6-11H2,1-5H3. The summed E-state index contributed by atoms with van der Waals surface area (Å²) in [6, 6.07) is 0. The molecule has 0 amide bonds. The van der Waals surface area contributed by atoms with Crippen molar-refractivity contribution in [1.29, 1.82) is 0 Å². The van der Waals surface area contributed by atoms with Gasteiger partial charge in [0.1, 0.15) is 0 Å². The van der Waals surface area contributed by atoms with Crippen molar-refractivity contribution >= 4 is 5.97 Å². The smallest absolute Gasteiger partial charge is 0.333 e. The molecule has 4 heteroatoms. The first-order chi connectivity index (χ1) is 9.19. The highest BCUT2D eigenvalue weighted by Gasteiger charge is 2.18. The van der Waals surface area contributed by atoms with Crippen LogP contribution in [-0.2, 0) is 9.53 Å². The third-order valence-corrected chi connectivity index (χ3v) is 3.17. The maximum atomic E-state index is 11.9. The fourth-order valence-electron chi connectivity index (χ4n) is 1.64. The second-order valence-electron chi connectivity index (χ2n) is 6.53. The van der Waals surface area contributed by atoms with Gasteiger partial charge in [0.05, 0.1) is 12.7 Å². The molecule has 0 heterocycles. The van der Waals surface area contributed by atoms with Gasteiger partial charge in [0.2, 0.25) is 0 Å². The molecule has 20 heavy (non-hydrogen) atoms. The molecule has 0 spiro atoms. The highest BCUT2D eigenvalue weighted by molar-refractivity contribution is 5.88. The molecule has 1 unspecified atom stereocenters. The molecular formula is C16H30O4. The predicted molar refractivity (Wildman–Crippen MR) is 80.3 cm³/mol. The van der Waals surface area contributed by atoms with Crippen LogP contribution < -0.4 is 0 Å². The van der Waals surface area contributed by atoms with Gasteiger partial charge >= 0.3 is 5.97 Å². The first-order valence-electron chi connectivity index (χ1n) is 7.32. The lowest BCUT2D eigenvalue weighted by Crippen LogP contribution is -2.21. The molecule has 0 aromatic carbocycles. The van der Waals surface area contributed by atoms with Crippen molar-refractivity contribution < 1.29 is 19.7 Å². The average Bonchev–Trinajstić information content (AvgIpc) is 2.38. The SMILES string of the molecule is CC(C(=O)OCC(C)(C)C)=C(C)C(O)CCCCCO. The molecule has 0 saturated carbocycles. The number of hydrogen-bond donors (Lipinski definition) is 2. The third kappa shape index (κ3) is 8.33. The molecule has 0 aliphatic carbocycles. The van der Waals surface area contributed by atoms with Gasteiger partial charge in [-0.1, -0.05) is 33.6 Å². The second kappa shape index (κ2) is 9.14. The molecule has 4 nitrogen and oxygen atoms in total. The molecule has 1 atom stereocenters. The van der Waals surface area contributed by atoms with Gasteiger partial charge in [-0.3, -0.25) is 0 Å². The van der Waals surface area contributed by atoms with E-state index in [0.717, 1.165) is 19.3 Å². The van der Waals surface area contributed by atoms with Gasteiger partial charge in [-0.05, 0) is 37.7 Å². The number of esters is 1. The van der Waals surface area contributed by atoms with Gasteiger partial charge in [-0.15, -0.1) is 0 Å². The Balaban J connectivity index is 4.36. The van der Waals surface area contributed by atoms with Gasteiger partial charge in [0.15, 0.2) is 0 Å².